The van der Waals surface area contributed by atoms with Crippen molar-refractivity contribution >= 4 is 11.7 Å². The second kappa shape index (κ2) is 7.40. The molecule has 2 aromatic rings. The topological polar surface area (TPSA) is 131 Å². The minimum absolute atomic E-state index is 0.224. The molecule has 0 radical (unpaired) electrons. The Morgan fingerprint density at radius 2 is 1.42 bits per heavy atom. The fourth-order valence-electron chi connectivity index (χ4n) is 2.85. The van der Waals surface area contributed by atoms with Gasteiger partial charge in [0.05, 0.1) is 5.69 Å². The van der Waals surface area contributed by atoms with Crippen LogP contribution in [0, 0.1) is 0 Å². The van der Waals surface area contributed by atoms with E-state index in [1.54, 1.807) is 24.3 Å². The smallest absolute Gasteiger partial charge is 0.335 e. The quantitative estimate of drug-likeness (QED) is 0.496. The summed E-state index contributed by atoms with van der Waals surface area (Å²) in [4.78, 5) is 11.1. The van der Waals surface area contributed by atoms with Gasteiger partial charge in [-0.15, -0.1) is 0 Å². The van der Waals surface area contributed by atoms with E-state index < -0.39 is 36.6 Å². The Balaban J connectivity index is 1.81. The van der Waals surface area contributed by atoms with Gasteiger partial charge in [0.1, 0.15) is 18.3 Å². The van der Waals surface area contributed by atoms with Crippen molar-refractivity contribution in [2.75, 3.05) is 5.06 Å². The molecule has 3 rings (SSSR count). The molecular weight excluding hydrogens is 342 g/mol. The third-order valence-corrected chi connectivity index (χ3v) is 4.31. The molecule has 1 saturated heterocycles. The fraction of sp³-hybridized carbons (Fsp3) is 0.278. The van der Waals surface area contributed by atoms with E-state index in [1.807, 2.05) is 30.3 Å². The summed E-state index contributed by atoms with van der Waals surface area (Å²) >= 11 is 0. The molecule has 1 heterocycles. The van der Waals surface area contributed by atoms with Crippen molar-refractivity contribution in [2.24, 2.45) is 0 Å². The van der Waals surface area contributed by atoms with Crippen LogP contribution in [0.15, 0.2) is 54.6 Å². The van der Waals surface area contributed by atoms with Crippen molar-refractivity contribution in [3.05, 3.63) is 54.6 Å². The highest BCUT2D eigenvalue weighted by molar-refractivity contribution is 5.73. The van der Waals surface area contributed by atoms with Gasteiger partial charge in [-0.1, -0.05) is 42.5 Å². The number of nitrogens with zero attached hydrogens (tertiary/aromatic N) is 1. The van der Waals surface area contributed by atoms with Crippen LogP contribution in [0.4, 0.5) is 5.69 Å². The molecule has 0 bridgehead atoms. The van der Waals surface area contributed by atoms with E-state index in [9.17, 15) is 25.3 Å². The molecule has 5 N–H and O–H groups in total. The predicted octanol–water partition coefficient (Wildman–Crippen LogP) is 0.441. The molecule has 5 atom stereocenters. The van der Waals surface area contributed by atoms with E-state index in [4.69, 9.17) is 9.84 Å². The minimum atomic E-state index is -1.81. The summed E-state index contributed by atoms with van der Waals surface area (Å²) in [5.41, 5.74) is 2.09. The lowest BCUT2D eigenvalue weighted by molar-refractivity contribution is -0.237. The van der Waals surface area contributed by atoms with Crippen LogP contribution in [0.5, 0.6) is 0 Å². The van der Waals surface area contributed by atoms with Gasteiger partial charge in [0, 0.05) is 0 Å². The number of aliphatic hydroxyl groups excluding tert-OH is 3. The molecule has 26 heavy (non-hydrogen) atoms. The Kier molecular flexibility index (Phi) is 5.21. The maximum Gasteiger partial charge on any atom is 0.335 e. The summed E-state index contributed by atoms with van der Waals surface area (Å²) in [5, 5.41) is 49.5. The molecular formula is C18H19NO7. The Labute approximate surface area is 149 Å². The normalized spacial score (nSPS) is 28.5. The van der Waals surface area contributed by atoms with Crippen LogP contribution in [0.25, 0.3) is 11.1 Å². The highest BCUT2D eigenvalue weighted by atomic mass is 16.6. The zero-order valence-electron chi connectivity index (χ0n) is 13.6. The fourth-order valence-corrected chi connectivity index (χ4v) is 2.85. The molecule has 1 fully saturated rings. The Hall–Kier alpha value is -2.49. The molecule has 8 heteroatoms. The van der Waals surface area contributed by atoms with E-state index >= 15 is 0 Å². The summed E-state index contributed by atoms with van der Waals surface area (Å²) < 4.78 is 5.09. The average molecular weight is 361 g/mol. The number of aliphatic carboxylic acids is 1. The third-order valence-electron chi connectivity index (χ3n) is 4.31. The van der Waals surface area contributed by atoms with Gasteiger partial charge in [0.25, 0.3) is 0 Å². The van der Waals surface area contributed by atoms with Gasteiger partial charge < -0.3 is 25.2 Å². The lowest BCUT2D eigenvalue weighted by atomic mass is 9.97. The van der Waals surface area contributed by atoms with Crippen LogP contribution in [-0.2, 0) is 9.53 Å². The molecule has 1 aliphatic heterocycles. The monoisotopic (exact) mass is 361 g/mol. The molecule has 0 aliphatic carbocycles. The number of carboxylic acids is 1. The van der Waals surface area contributed by atoms with Crippen LogP contribution in [0.3, 0.4) is 0 Å². The molecule has 1 aliphatic rings. The van der Waals surface area contributed by atoms with Crippen LogP contribution in [0.1, 0.15) is 0 Å². The average Bonchev–Trinajstić information content (AvgIpc) is 2.66. The van der Waals surface area contributed by atoms with Gasteiger partial charge >= 0.3 is 5.97 Å². The zero-order chi connectivity index (χ0) is 18.8. The first kappa shape index (κ1) is 18.3. The van der Waals surface area contributed by atoms with Crippen molar-refractivity contribution in [2.45, 2.75) is 30.6 Å². The SMILES string of the molecule is O=C(O)[C@H]1O[C@@H](N(O)c2ccc(-c3ccccc3)cc2)[C@H](O)[C@@H](O)[C@@H]1O. The number of rotatable bonds is 4. The molecule has 0 spiro atoms. The highest BCUT2D eigenvalue weighted by Gasteiger charge is 2.49. The molecule has 0 saturated carbocycles. The summed E-state index contributed by atoms with van der Waals surface area (Å²) in [7, 11) is 0. The number of aliphatic hydroxyl groups is 3. The van der Waals surface area contributed by atoms with E-state index in [-0.39, 0.29) is 5.69 Å². The third kappa shape index (κ3) is 3.41. The Bertz CT molecular complexity index is 752. The van der Waals surface area contributed by atoms with E-state index in [2.05, 4.69) is 0 Å². The molecule has 0 aromatic heterocycles. The van der Waals surface area contributed by atoms with Crippen molar-refractivity contribution in [3.8, 4) is 11.1 Å². The van der Waals surface area contributed by atoms with Crippen molar-refractivity contribution in [3.63, 3.8) is 0 Å². The second-order valence-electron chi connectivity index (χ2n) is 6.01. The standard InChI is InChI=1S/C18H19NO7/c20-13-14(21)16(18(23)24)26-17(15(13)22)19(25)12-8-6-11(7-9-12)10-4-2-1-3-5-10/h1-9,13-17,20-22,25H,(H,23,24)/t13-,14-,15+,16-,17+/m0/s1. The highest BCUT2D eigenvalue weighted by Crippen LogP contribution is 2.28. The molecule has 8 nitrogen and oxygen atoms in total. The maximum atomic E-state index is 11.1. The maximum absolute atomic E-state index is 11.1. The summed E-state index contributed by atoms with van der Waals surface area (Å²) in [6.07, 6.45) is -8.64. The Morgan fingerprint density at radius 3 is 2.00 bits per heavy atom. The number of hydroxylamine groups is 1. The number of benzene rings is 2. The van der Waals surface area contributed by atoms with Gasteiger partial charge in [-0.3, -0.25) is 5.21 Å². The zero-order valence-corrected chi connectivity index (χ0v) is 13.6. The van der Waals surface area contributed by atoms with Gasteiger partial charge in [-0.25, -0.2) is 9.86 Å². The van der Waals surface area contributed by atoms with E-state index in [0.717, 1.165) is 11.1 Å². The van der Waals surface area contributed by atoms with Gasteiger partial charge in [-0.05, 0) is 23.3 Å². The number of anilines is 1. The summed E-state index contributed by atoms with van der Waals surface area (Å²) in [5.74, 6) is -1.51. The van der Waals surface area contributed by atoms with Crippen LogP contribution < -0.4 is 5.06 Å². The van der Waals surface area contributed by atoms with Crippen LogP contribution in [-0.4, -0.2) is 62.2 Å². The predicted molar refractivity (Wildman–Crippen MR) is 90.5 cm³/mol. The first-order valence-corrected chi connectivity index (χ1v) is 7.96. The number of carbonyl (C=O) groups is 1. The molecule has 2 aromatic carbocycles. The van der Waals surface area contributed by atoms with Crippen molar-refractivity contribution in [1.29, 1.82) is 0 Å². The minimum Gasteiger partial charge on any atom is -0.479 e. The first-order valence-electron chi connectivity index (χ1n) is 7.96. The molecule has 138 valence electrons. The number of carboxylic acid groups (broad SMARTS) is 1. The number of ether oxygens (including phenoxy) is 1. The molecule has 0 amide bonds. The van der Waals surface area contributed by atoms with Crippen molar-refractivity contribution < 1.29 is 35.2 Å². The second-order valence-corrected chi connectivity index (χ2v) is 6.01. The van der Waals surface area contributed by atoms with Gasteiger partial charge in [-0.2, -0.15) is 0 Å². The van der Waals surface area contributed by atoms with Crippen molar-refractivity contribution in [1.82, 2.24) is 0 Å². The summed E-state index contributed by atoms with van der Waals surface area (Å²) in [6, 6.07) is 16.1. The first-order chi connectivity index (χ1) is 12.4. The van der Waals surface area contributed by atoms with Crippen LogP contribution >= 0.6 is 0 Å². The van der Waals surface area contributed by atoms with Crippen LogP contribution in [0.2, 0.25) is 0 Å². The van der Waals surface area contributed by atoms with Gasteiger partial charge in [0.2, 0.25) is 0 Å². The molecule has 0 unspecified atom stereocenters. The Morgan fingerprint density at radius 1 is 0.846 bits per heavy atom. The number of hydrogen-bond acceptors (Lipinski definition) is 7. The van der Waals surface area contributed by atoms with E-state index in [1.165, 1.54) is 0 Å². The van der Waals surface area contributed by atoms with Gasteiger partial charge in [0.15, 0.2) is 12.3 Å². The lowest BCUT2D eigenvalue weighted by Gasteiger charge is -2.41. The lowest BCUT2D eigenvalue weighted by Crippen LogP contribution is -2.63. The summed E-state index contributed by atoms with van der Waals surface area (Å²) in [6.45, 7) is 0. The largest absolute Gasteiger partial charge is 0.479 e. The number of hydrogen-bond donors (Lipinski definition) is 5. The van der Waals surface area contributed by atoms with E-state index in [0.29, 0.717) is 5.06 Å².